The summed E-state index contributed by atoms with van der Waals surface area (Å²) in [5.74, 6) is 0.932. The fraction of sp³-hybridized carbons (Fsp3) is 0.129. The van der Waals surface area contributed by atoms with Gasteiger partial charge in [-0.1, -0.05) is 54.6 Å². The van der Waals surface area contributed by atoms with Crippen LogP contribution in [0.2, 0.25) is 0 Å². The Morgan fingerprint density at radius 3 is 2.03 bits per heavy atom. The Balaban J connectivity index is 1.24. The number of nitrogens with one attached hydrogen (secondary N) is 2. The number of nitrogens with zero attached hydrogens (tertiary/aromatic N) is 1. The molecule has 2 N–H and O–H groups in total. The maximum absolute atomic E-state index is 12.9. The van der Waals surface area contributed by atoms with Crippen molar-refractivity contribution in [1.82, 2.24) is 10.2 Å². The van der Waals surface area contributed by atoms with Gasteiger partial charge >= 0.3 is 0 Å². The summed E-state index contributed by atoms with van der Waals surface area (Å²) in [6.07, 6.45) is 0. The van der Waals surface area contributed by atoms with Crippen LogP contribution in [0.1, 0.15) is 26.3 Å². The summed E-state index contributed by atoms with van der Waals surface area (Å²) in [5, 5.41) is 5.77. The van der Waals surface area contributed by atoms with Gasteiger partial charge in [0.25, 0.3) is 11.8 Å². The molecule has 0 unspecified atom stereocenters. The minimum absolute atomic E-state index is 0.119. The van der Waals surface area contributed by atoms with E-state index in [-0.39, 0.29) is 16.9 Å². The summed E-state index contributed by atoms with van der Waals surface area (Å²) >= 11 is 5.32. The number of thiocarbonyl (C=S) groups is 1. The van der Waals surface area contributed by atoms with Crippen LogP contribution in [-0.2, 0) is 6.54 Å². The molecule has 0 fully saturated rings. The fourth-order valence-electron chi connectivity index (χ4n) is 3.76. The number of amides is 2. The standard InChI is InChI=1S/C31H29N3O4S/c1-34(22-23-9-4-2-5-10-23)30(36)25-11-8-12-26(21-25)32-31(39)33-29(35)24-15-17-28(18-16-24)38-20-19-37-27-13-6-3-7-14-27/h2-18,21H,19-20,22H2,1H3,(H2,32,33,35,39). The molecule has 0 bridgehead atoms. The molecule has 0 heterocycles. The number of para-hydroxylation sites is 1. The maximum atomic E-state index is 12.9. The molecule has 0 radical (unpaired) electrons. The molecule has 198 valence electrons. The number of ether oxygens (including phenoxy) is 2. The van der Waals surface area contributed by atoms with Crippen LogP contribution in [0, 0.1) is 0 Å². The lowest BCUT2D eigenvalue weighted by Crippen LogP contribution is -2.34. The summed E-state index contributed by atoms with van der Waals surface area (Å²) < 4.78 is 11.3. The van der Waals surface area contributed by atoms with E-state index in [4.69, 9.17) is 21.7 Å². The van der Waals surface area contributed by atoms with Gasteiger partial charge in [-0.3, -0.25) is 14.9 Å². The van der Waals surface area contributed by atoms with E-state index in [1.54, 1.807) is 60.5 Å². The minimum atomic E-state index is -0.360. The van der Waals surface area contributed by atoms with Gasteiger partial charge in [-0.05, 0) is 72.4 Å². The molecule has 2 amide bonds. The van der Waals surface area contributed by atoms with Crippen LogP contribution in [0.4, 0.5) is 5.69 Å². The molecule has 7 nitrogen and oxygen atoms in total. The molecule has 8 heteroatoms. The monoisotopic (exact) mass is 539 g/mol. The highest BCUT2D eigenvalue weighted by Gasteiger charge is 2.14. The Bertz CT molecular complexity index is 1400. The normalized spacial score (nSPS) is 10.3. The van der Waals surface area contributed by atoms with Crippen molar-refractivity contribution in [1.29, 1.82) is 0 Å². The van der Waals surface area contributed by atoms with Gasteiger partial charge in [-0.15, -0.1) is 0 Å². The summed E-state index contributed by atoms with van der Waals surface area (Å²) in [6, 6.07) is 33.0. The van der Waals surface area contributed by atoms with Crippen molar-refractivity contribution in [3.8, 4) is 11.5 Å². The quantitative estimate of drug-likeness (QED) is 0.203. The van der Waals surface area contributed by atoms with Gasteiger partial charge in [0, 0.05) is 30.4 Å². The van der Waals surface area contributed by atoms with E-state index in [0.29, 0.717) is 42.3 Å². The van der Waals surface area contributed by atoms with Crippen LogP contribution in [0.15, 0.2) is 109 Å². The summed E-state index contributed by atoms with van der Waals surface area (Å²) in [4.78, 5) is 27.2. The van der Waals surface area contributed by atoms with Crippen molar-refractivity contribution >= 4 is 34.8 Å². The summed E-state index contributed by atoms with van der Waals surface area (Å²) in [6.45, 7) is 1.28. The molecule has 0 aliphatic carbocycles. The summed E-state index contributed by atoms with van der Waals surface area (Å²) in [5.41, 5.74) is 2.58. The second-order valence-corrected chi connectivity index (χ2v) is 9.08. The van der Waals surface area contributed by atoms with Crippen LogP contribution in [0.25, 0.3) is 0 Å². The predicted molar refractivity (Wildman–Crippen MR) is 156 cm³/mol. The maximum Gasteiger partial charge on any atom is 0.257 e. The molecule has 0 aromatic heterocycles. The predicted octanol–water partition coefficient (Wildman–Crippen LogP) is 5.54. The summed E-state index contributed by atoms with van der Waals surface area (Å²) in [7, 11) is 1.76. The third-order valence-corrected chi connectivity index (χ3v) is 5.89. The van der Waals surface area contributed by atoms with Crippen molar-refractivity contribution in [3.63, 3.8) is 0 Å². The number of hydrogen-bond acceptors (Lipinski definition) is 5. The highest BCUT2D eigenvalue weighted by molar-refractivity contribution is 7.80. The van der Waals surface area contributed by atoms with Crippen LogP contribution in [0.3, 0.4) is 0 Å². The van der Waals surface area contributed by atoms with Crippen LogP contribution < -0.4 is 20.1 Å². The molecular formula is C31H29N3O4S. The second-order valence-electron chi connectivity index (χ2n) is 8.67. The Morgan fingerprint density at radius 1 is 0.744 bits per heavy atom. The highest BCUT2D eigenvalue weighted by atomic mass is 32.1. The van der Waals surface area contributed by atoms with Gasteiger partial charge < -0.3 is 19.7 Å². The molecular weight excluding hydrogens is 510 g/mol. The van der Waals surface area contributed by atoms with E-state index in [9.17, 15) is 9.59 Å². The van der Waals surface area contributed by atoms with Crippen molar-refractivity contribution in [2.45, 2.75) is 6.54 Å². The molecule has 0 atom stereocenters. The van der Waals surface area contributed by atoms with Gasteiger partial charge in [0.15, 0.2) is 5.11 Å². The Labute approximate surface area is 233 Å². The Hall–Kier alpha value is -4.69. The number of carbonyl (C=O) groups excluding carboxylic acids is 2. The van der Waals surface area contributed by atoms with E-state index in [1.807, 2.05) is 60.7 Å². The first-order chi connectivity index (χ1) is 19.0. The van der Waals surface area contributed by atoms with Crippen molar-refractivity contribution in [2.75, 3.05) is 25.6 Å². The van der Waals surface area contributed by atoms with E-state index < -0.39 is 0 Å². The van der Waals surface area contributed by atoms with Gasteiger partial charge in [0.2, 0.25) is 0 Å². The molecule has 0 aliphatic rings. The van der Waals surface area contributed by atoms with Crippen LogP contribution >= 0.6 is 12.2 Å². The topological polar surface area (TPSA) is 79.9 Å². The number of hydrogen-bond donors (Lipinski definition) is 2. The SMILES string of the molecule is CN(Cc1ccccc1)C(=O)c1cccc(NC(=S)NC(=O)c2ccc(OCCOc3ccccc3)cc2)c1. The third kappa shape index (κ3) is 8.41. The molecule has 4 aromatic rings. The molecule has 4 aromatic carbocycles. The zero-order valence-electron chi connectivity index (χ0n) is 21.5. The van der Waals surface area contributed by atoms with Gasteiger partial charge in [0.05, 0.1) is 0 Å². The first-order valence-corrected chi connectivity index (χ1v) is 12.8. The Morgan fingerprint density at radius 2 is 1.36 bits per heavy atom. The first-order valence-electron chi connectivity index (χ1n) is 12.4. The van der Waals surface area contributed by atoms with Crippen molar-refractivity contribution < 1.29 is 19.1 Å². The number of rotatable bonds is 10. The molecule has 0 aliphatic heterocycles. The minimum Gasteiger partial charge on any atom is -0.490 e. The van der Waals surface area contributed by atoms with Gasteiger partial charge in [0.1, 0.15) is 24.7 Å². The lowest BCUT2D eigenvalue weighted by Gasteiger charge is -2.18. The van der Waals surface area contributed by atoms with E-state index >= 15 is 0 Å². The lowest BCUT2D eigenvalue weighted by atomic mass is 10.1. The van der Waals surface area contributed by atoms with Gasteiger partial charge in [-0.25, -0.2) is 0 Å². The van der Waals surface area contributed by atoms with Crippen LogP contribution in [-0.4, -0.2) is 42.1 Å². The smallest absolute Gasteiger partial charge is 0.257 e. The zero-order chi connectivity index (χ0) is 27.5. The molecule has 39 heavy (non-hydrogen) atoms. The fourth-order valence-corrected chi connectivity index (χ4v) is 3.97. The first kappa shape index (κ1) is 27.3. The average molecular weight is 540 g/mol. The van der Waals surface area contributed by atoms with Crippen molar-refractivity contribution in [2.24, 2.45) is 0 Å². The number of anilines is 1. The van der Waals surface area contributed by atoms with Crippen LogP contribution in [0.5, 0.6) is 11.5 Å². The Kier molecular flexibility index (Phi) is 9.63. The highest BCUT2D eigenvalue weighted by Crippen LogP contribution is 2.15. The molecule has 4 rings (SSSR count). The zero-order valence-corrected chi connectivity index (χ0v) is 22.3. The lowest BCUT2D eigenvalue weighted by molar-refractivity contribution is 0.0785. The average Bonchev–Trinajstić information content (AvgIpc) is 2.96. The number of carbonyl (C=O) groups is 2. The molecule has 0 saturated heterocycles. The van der Waals surface area contributed by atoms with E-state index in [2.05, 4.69) is 10.6 Å². The van der Waals surface area contributed by atoms with Gasteiger partial charge in [-0.2, -0.15) is 0 Å². The molecule has 0 saturated carbocycles. The molecule has 0 spiro atoms. The number of benzene rings is 4. The van der Waals surface area contributed by atoms with E-state index in [1.165, 1.54) is 0 Å². The third-order valence-electron chi connectivity index (χ3n) is 5.68. The largest absolute Gasteiger partial charge is 0.490 e. The second kappa shape index (κ2) is 13.7. The van der Waals surface area contributed by atoms with E-state index in [0.717, 1.165) is 11.3 Å². The van der Waals surface area contributed by atoms with Crippen molar-refractivity contribution in [3.05, 3.63) is 126 Å².